The van der Waals surface area contributed by atoms with Gasteiger partial charge >= 0.3 is 0 Å². The number of nitrogens with zero attached hydrogens (tertiary/aromatic N) is 2. The number of nitrogens with two attached hydrogens (primary N) is 1. The van der Waals surface area contributed by atoms with Crippen molar-refractivity contribution in [3.8, 4) is 16.5 Å². The Bertz CT molecular complexity index is 565. The van der Waals surface area contributed by atoms with Crippen LogP contribution < -0.4 is 10.5 Å². The van der Waals surface area contributed by atoms with E-state index in [1.54, 1.807) is 7.11 Å². The van der Waals surface area contributed by atoms with Gasteiger partial charge in [0.2, 0.25) is 0 Å². The topological polar surface area (TPSA) is 83.4 Å². The average Bonchev–Trinajstić information content (AvgIpc) is 3.05. The highest BCUT2D eigenvalue weighted by atomic mass is 32.1. The summed E-state index contributed by atoms with van der Waals surface area (Å²) in [6.07, 6.45) is 3.85. The molecule has 1 atom stereocenters. The second-order valence-electron chi connectivity index (χ2n) is 4.80. The third kappa shape index (κ3) is 2.84. The molecule has 7 heteroatoms. The SMILES string of the molecule is COc1csc(-c2nc(C(N)COC3CCC3)no2)c1. The molecule has 0 saturated heterocycles. The van der Waals surface area contributed by atoms with Crippen LogP contribution in [0, 0.1) is 0 Å². The first-order valence-corrected chi connectivity index (χ1v) is 7.48. The minimum atomic E-state index is -0.352. The molecule has 1 saturated carbocycles. The molecule has 0 spiro atoms. The van der Waals surface area contributed by atoms with Crippen LogP contribution in [0.1, 0.15) is 31.1 Å². The minimum absolute atomic E-state index is 0.352. The summed E-state index contributed by atoms with van der Waals surface area (Å²) in [4.78, 5) is 5.19. The Morgan fingerprint density at radius 3 is 3.05 bits per heavy atom. The first-order valence-electron chi connectivity index (χ1n) is 6.60. The van der Waals surface area contributed by atoms with Gasteiger partial charge in [-0.05, 0) is 19.3 Å². The number of hydrogen-bond donors (Lipinski definition) is 1. The van der Waals surface area contributed by atoms with E-state index in [9.17, 15) is 0 Å². The molecular formula is C13H17N3O3S. The van der Waals surface area contributed by atoms with E-state index in [2.05, 4.69) is 10.1 Å². The number of hydrogen-bond acceptors (Lipinski definition) is 7. The molecule has 1 fully saturated rings. The van der Waals surface area contributed by atoms with E-state index in [1.165, 1.54) is 17.8 Å². The van der Waals surface area contributed by atoms with Crippen LogP contribution in [0.2, 0.25) is 0 Å². The Morgan fingerprint density at radius 2 is 2.40 bits per heavy atom. The summed E-state index contributed by atoms with van der Waals surface area (Å²) in [5, 5.41) is 5.81. The van der Waals surface area contributed by atoms with E-state index in [0.717, 1.165) is 23.5 Å². The highest BCUT2D eigenvalue weighted by Gasteiger charge is 2.22. The molecule has 0 aliphatic heterocycles. The summed E-state index contributed by atoms with van der Waals surface area (Å²) >= 11 is 1.49. The van der Waals surface area contributed by atoms with E-state index in [0.29, 0.717) is 24.4 Å². The van der Waals surface area contributed by atoms with E-state index in [-0.39, 0.29) is 6.04 Å². The van der Waals surface area contributed by atoms with Crippen molar-refractivity contribution >= 4 is 11.3 Å². The van der Waals surface area contributed by atoms with Crippen molar-refractivity contribution < 1.29 is 14.0 Å². The maximum Gasteiger partial charge on any atom is 0.268 e. The molecule has 0 radical (unpaired) electrons. The van der Waals surface area contributed by atoms with Gasteiger partial charge in [0, 0.05) is 11.4 Å². The van der Waals surface area contributed by atoms with Crippen molar-refractivity contribution in [2.24, 2.45) is 5.73 Å². The zero-order valence-electron chi connectivity index (χ0n) is 11.2. The maximum atomic E-state index is 6.01. The van der Waals surface area contributed by atoms with Gasteiger partial charge in [0.15, 0.2) is 5.82 Å². The lowest BCUT2D eigenvalue weighted by atomic mass is 9.96. The summed E-state index contributed by atoms with van der Waals surface area (Å²) in [5.41, 5.74) is 6.01. The van der Waals surface area contributed by atoms with Crippen molar-refractivity contribution in [2.75, 3.05) is 13.7 Å². The summed E-state index contributed by atoms with van der Waals surface area (Å²) < 4.78 is 16.0. The fourth-order valence-electron chi connectivity index (χ4n) is 1.88. The third-order valence-electron chi connectivity index (χ3n) is 3.36. The number of thiophene rings is 1. The van der Waals surface area contributed by atoms with E-state index < -0.39 is 0 Å². The van der Waals surface area contributed by atoms with Crippen molar-refractivity contribution in [1.29, 1.82) is 0 Å². The Balaban J connectivity index is 1.62. The Morgan fingerprint density at radius 1 is 1.55 bits per heavy atom. The lowest BCUT2D eigenvalue weighted by Gasteiger charge is -2.26. The second kappa shape index (κ2) is 5.90. The molecular weight excluding hydrogens is 278 g/mol. The predicted octanol–water partition coefficient (Wildman–Crippen LogP) is 2.38. The van der Waals surface area contributed by atoms with Gasteiger partial charge < -0.3 is 19.7 Å². The van der Waals surface area contributed by atoms with Crippen LogP contribution in [0.25, 0.3) is 10.8 Å². The molecule has 20 heavy (non-hydrogen) atoms. The zero-order chi connectivity index (χ0) is 13.9. The van der Waals surface area contributed by atoms with Gasteiger partial charge in [0.25, 0.3) is 5.89 Å². The van der Waals surface area contributed by atoms with Crippen LogP contribution in [-0.4, -0.2) is 30.0 Å². The number of ether oxygens (including phenoxy) is 2. The predicted molar refractivity (Wildman–Crippen MR) is 74.7 cm³/mol. The van der Waals surface area contributed by atoms with E-state index in [1.807, 2.05) is 11.4 Å². The molecule has 108 valence electrons. The van der Waals surface area contributed by atoms with Gasteiger partial charge in [-0.1, -0.05) is 5.16 Å². The fourth-order valence-corrected chi connectivity index (χ4v) is 2.65. The lowest BCUT2D eigenvalue weighted by molar-refractivity contribution is -0.00549. The molecule has 0 amide bonds. The normalized spacial score (nSPS) is 16.9. The van der Waals surface area contributed by atoms with Crippen LogP contribution in [0.3, 0.4) is 0 Å². The zero-order valence-corrected chi connectivity index (χ0v) is 12.1. The van der Waals surface area contributed by atoms with Crippen LogP contribution >= 0.6 is 11.3 Å². The molecule has 6 nitrogen and oxygen atoms in total. The highest BCUT2D eigenvalue weighted by Crippen LogP contribution is 2.30. The summed E-state index contributed by atoms with van der Waals surface area (Å²) in [7, 11) is 1.62. The Labute approximate surface area is 120 Å². The number of methoxy groups -OCH3 is 1. The first-order chi connectivity index (χ1) is 9.76. The van der Waals surface area contributed by atoms with Crippen LogP contribution in [0.15, 0.2) is 16.0 Å². The van der Waals surface area contributed by atoms with E-state index >= 15 is 0 Å². The highest BCUT2D eigenvalue weighted by molar-refractivity contribution is 7.13. The van der Waals surface area contributed by atoms with Gasteiger partial charge in [-0.3, -0.25) is 0 Å². The summed E-state index contributed by atoms with van der Waals surface area (Å²) in [6, 6.07) is 1.51. The lowest BCUT2D eigenvalue weighted by Crippen LogP contribution is -2.27. The number of rotatable bonds is 6. The van der Waals surface area contributed by atoms with E-state index in [4.69, 9.17) is 19.7 Å². The molecule has 2 aromatic heterocycles. The van der Waals surface area contributed by atoms with Crippen molar-refractivity contribution in [2.45, 2.75) is 31.4 Å². The molecule has 2 aromatic rings. The molecule has 1 aliphatic rings. The smallest absolute Gasteiger partial charge is 0.268 e. The minimum Gasteiger partial charge on any atom is -0.496 e. The number of aromatic nitrogens is 2. The maximum absolute atomic E-state index is 6.01. The van der Waals surface area contributed by atoms with Gasteiger partial charge in [0.05, 0.1) is 30.7 Å². The average molecular weight is 295 g/mol. The monoisotopic (exact) mass is 295 g/mol. The van der Waals surface area contributed by atoms with Crippen LogP contribution in [0.4, 0.5) is 0 Å². The van der Waals surface area contributed by atoms with Gasteiger partial charge in [-0.25, -0.2) is 0 Å². The first kappa shape index (κ1) is 13.5. The van der Waals surface area contributed by atoms with Gasteiger partial charge in [-0.2, -0.15) is 4.98 Å². The molecule has 0 bridgehead atoms. The molecule has 0 aromatic carbocycles. The largest absolute Gasteiger partial charge is 0.496 e. The third-order valence-corrected chi connectivity index (χ3v) is 4.26. The molecule has 1 unspecified atom stereocenters. The Kier molecular flexibility index (Phi) is 4.00. The van der Waals surface area contributed by atoms with Crippen molar-refractivity contribution in [1.82, 2.24) is 10.1 Å². The Hall–Kier alpha value is -1.44. The molecule has 2 heterocycles. The van der Waals surface area contributed by atoms with Crippen molar-refractivity contribution in [3.63, 3.8) is 0 Å². The molecule has 3 rings (SSSR count). The fraction of sp³-hybridized carbons (Fsp3) is 0.538. The van der Waals surface area contributed by atoms with Gasteiger partial charge in [-0.15, -0.1) is 11.3 Å². The molecule has 1 aliphatic carbocycles. The van der Waals surface area contributed by atoms with Gasteiger partial charge in [0.1, 0.15) is 5.75 Å². The van der Waals surface area contributed by atoms with Crippen LogP contribution in [-0.2, 0) is 4.74 Å². The quantitative estimate of drug-likeness (QED) is 0.881. The second-order valence-corrected chi connectivity index (χ2v) is 5.71. The molecule has 2 N–H and O–H groups in total. The summed E-state index contributed by atoms with van der Waals surface area (Å²) in [5.74, 6) is 1.72. The van der Waals surface area contributed by atoms with Crippen molar-refractivity contribution in [3.05, 3.63) is 17.3 Å². The van der Waals surface area contributed by atoms with Crippen LogP contribution in [0.5, 0.6) is 5.75 Å². The standard InChI is InChI=1S/C13H17N3O3S/c1-17-9-5-11(20-7-9)13-15-12(16-19-13)10(14)6-18-8-3-2-4-8/h5,7-8,10H,2-4,6,14H2,1H3. The summed E-state index contributed by atoms with van der Waals surface area (Å²) in [6.45, 7) is 0.428.